The van der Waals surface area contributed by atoms with Crippen LogP contribution in [0.4, 0.5) is 5.69 Å². The molecule has 17 heavy (non-hydrogen) atoms. The van der Waals surface area contributed by atoms with Crippen molar-refractivity contribution < 1.29 is 9.53 Å². The Hall–Kier alpha value is -1.59. The van der Waals surface area contributed by atoms with Crippen LogP contribution in [0.2, 0.25) is 0 Å². The first kappa shape index (κ1) is 11.9. The fraction of sp³-hybridized carbons (Fsp3) is 0.417. The van der Waals surface area contributed by atoms with Crippen LogP contribution in [-0.4, -0.2) is 37.6 Å². The Morgan fingerprint density at radius 1 is 1.24 bits per heavy atom. The number of rotatable bonds is 5. The lowest BCUT2D eigenvalue weighted by atomic mass is 10.2. The molecule has 1 amide bonds. The first-order valence-electron chi connectivity index (χ1n) is 5.73. The van der Waals surface area contributed by atoms with Crippen LogP contribution in [-0.2, 0) is 16.1 Å². The van der Waals surface area contributed by atoms with Gasteiger partial charge in [0.15, 0.2) is 0 Å². The number of benzene rings is 1. The van der Waals surface area contributed by atoms with Crippen LogP contribution in [0, 0.1) is 0 Å². The van der Waals surface area contributed by atoms with Gasteiger partial charge in [0, 0.05) is 19.6 Å². The van der Waals surface area contributed by atoms with Crippen molar-refractivity contribution in [1.82, 2.24) is 10.3 Å². The molecule has 2 N–H and O–H groups in total. The zero-order valence-electron chi connectivity index (χ0n) is 9.69. The van der Waals surface area contributed by atoms with Crippen LogP contribution in [0.15, 0.2) is 24.3 Å². The zero-order valence-corrected chi connectivity index (χ0v) is 9.69. The molecule has 0 aliphatic carbocycles. The fourth-order valence-electron chi connectivity index (χ4n) is 1.82. The zero-order chi connectivity index (χ0) is 11.9. The van der Waals surface area contributed by atoms with E-state index in [2.05, 4.69) is 27.9 Å². The van der Waals surface area contributed by atoms with E-state index in [0.29, 0.717) is 6.41 Å². The quantitative estimate of drug-likeness (QED) is 0.579. The van der Waals surface area contributed by atoms with Crippen LogP contribution < -0.4 is 10.9 Å². The SMILES string of the molecule is O=CNNc1ccc(CN2CCOCC2)cc1. The van der Waals surface area contributed by atoms with Gasteiger partial charge >= 0.3 is 0 Å². The number of carbonyl (C=O) groups excluding carboxylic acids is 1. The normalized spacial score (nSPS) is 16.5. The van der Waals surface area contributed by atoms with Crippen molar-refractivity contribution in [2.75, 3.05) is 31.7 Å². The van der Waals surface area contributed by atoms with Gasteiger partial charge in [-0.25, -0.2) is 0 Å². The average molecular weight is 235 g/mol. The molecular formula is C12H17N3O2. The molecule has 0 aromatic heterocycles. The Morgan fingerprint density at radius 2 is 1.94 bits per heavy atom. The van der Waals surface area contributed by atoms with Gasteiger partial charge in [-0.2, -0.15) is 0 Å². The van der Waals surface area contributed by atoms with Crippen molar-refractivity contribution >= 4 is 12.1 Å². The maximum absolute atomic E-state index is 10.1. The molecule has 5 heteroatoms. The molecule has 0 unspecified atom stereocenters. The Kier molecular flexibility index (Phi) is 4.35. The number of nitrogens with one attached hydrogen (secondary N) is 2. The van der Waals surface area contributed by atoms with E-state index in [4.69, 9.17) is 4.74 Å². The van der Waals surface area contributed by atoms with Crippen molar-refractivity contribution in [1.29, 1.82) is 0 Å². The molecule has 0 atom stereocenters. The van der Waals surface area contributed by atoms with Gasteiger partial charge in [0.25, 0.3) is 0 Å². The predicted molar refractivity (Wildman–Crippen MR) is 65.4 cm³/mol. The molecule has 1 aliphatic heterocycles. The number of anilines is 1. The molecule has 0 spiro atoms. The van der Waals surface area contributed by atoms with E-state index in [1.165, 1.54) is 5.56 Å². The number of amides is 1. The number of nitrogens with zero attached hydrogens (tertiary/aromatic N) is 1. The van der Waals surface area contributed by atoms with Gasteiger partial charge in [-0.05, 0) is 17.7 Å². The summed E-state index contributed by atoms with van der Waals surface area (Å²) in [6.07, 6.45) is 0.613. The minimum Gasteiger partial charge on any atom is -0.379 e. The second-order valence-corrected chi connectivity index (χ2v) is 3.97. The molecule has 92 valence electrons. The molecule has 1 aromatic carbocycles. The Labute approximate surface area is 101 Å². The van der Waals surface area contributed by atoms with E-state index in [1.54, 1.807) is 0 Å². The van der Waals surface area contributed by atoms with Crippen molar-refractivity contribution in [2.24, 2.45) is 0 Å². The van der Waals surface area contributed by atoms with Gasteiger partial charge in [0.1, 0.15) is 0 Å². The van der Waals surface area contributed by atoms with E-state index < -0.39 is 0 Å². The predicted octanol–water partition coefficient (Wildman–Crippen LogP) is 0.592. The molecule has 1 fully saturated rings. The number of ether oxygens (including phenoxy) is 1. The van der Waals surface area contributed by atoms with Crippen molar-refractivity contribution in [2.45, 2.75) is 6.54 Å². The fourth-order valence-corrected chi connectivity index (χ4v) is 1.82. The first-order valence-corrected chi connectivity index (χ1v) is 5.73. The third-order valence-corrected chi connectivity index (χ3v) is 2.74. The molecule has 1 aliphatic rings. The highest BCUT2D eigenvalue weighted by molar-refractivity contribution is 5.53. The van der Waals surface area contributed by atoms with E-state index in [0.717, 1.165) is 38.5 Å². The molecule has 1 saturated heterocycles. The summed E-state index contributed by atoms with van der Waals surface area (Å²) in [5.41, 5.74) is 7.33. The minimum absolute atomic E-state index is 0.613. The molecule has 0 saturated carbocycles. The van der Waals surface area contributed by atoms with Crippen molar-refractivity contribution in [3.8, 4) is 0 Å². The van der Waals surface area contributed by atoms with Crippen LogP contribution in [0.3, 0.4) is 0 Å². The van der Waals surface area contributed by atoms with E-state index in [1.807, 2.05) is 12.1 Å². The Bertz CT molecular complexity index is 347. The molecule has 5 nitrogen and oxygen atoms in total. The maximum Gasteiger partial charge on any atom is 0.225 e. The van der Waals surface area contributed by atoms with Gasteiger partial charge in [-0.1, -0.05) is 12.1 Å². The lowest BCUT2D eigenvalue weighted by Gasteiger charge is -2.26. The number of hydrogen-bond acceptors (Lipinski definition) is 4. The van der Waals surface area contributed by atoms with E-state index >= 15 is 0 Å². The summed E-state index contributed by atoms with van der Waals surface area (Å²) in [5, 5.41) is 0. The van der Waals surface area contributed by atoms with Crippen LogP contribution in [0.1, 0.15) is 5.56 Å². The third kappa shape index (κ3) is 3.72. The number of carbonyl (C=O) groups is 1. The maximum atomic E-state index is 10.1. The number of hydrazine groups is 1. The second-order valence-electron chi connectivity index (χ2n) is 3.97. The summed E-state index contributed by atoms with van der Waals surface area (Å²) in [4.78, 5) is 12.5. The highest BCUT2D eigenvalue weighted by Crippen LogP contribution is 2.11. The summed E-state index contributed by atoms with van der Waals surface area (Å²) in [5.74, 6) is 0. The Balaban J connectivity index is 1.86. The van der Waals surface area contributed by atoms with E-state index in [9.17, 15) is 4.79 Å². The third-order valence-electron chi connectivity index (χ3n) is 2.74. The van der Waals surface area contributed by atoms with Crippen LogP contribution >= 0.6 is 0 Å². The van der Waals surface area contributed by atoms with Gasteiger partial charge in [-0.3, -0.25) is 20.5 Å². The van der Waals surface area contributed by atoms with Gasteiger partial charge < -0.3 is 4.74 Å². The van der Waals surface area contributed by atoms with Gasteiger partial charge in [0.2, 0.25) is 6.41 Å². The molecule has 0 bridgehead atoms. The number of hydrogen-bond donors (Lipinski definition) is 2. The standard InChI is InChI=1S/C12H17N3O2/c16-10-13-14-12-3-1-11(2-4-12)9-15-5-7-17-8-6-15/h1-4,10,14H,5-9H2,(H,13,16). The molecule has 0 radical (unpaired) electrons. The lowest BCUT2D eigenvalue weighted by molar-refractivity contribution is -0.109. The van der Waals surface area contributed by atoms with Gasteiger partial charge in [0.05, 0.1) is 18.9 Å². The van der Waals surface area contributed by atoms with Crippen molar-refractivity contribution in [3.05, 3.63) is 29.8 Å². The van der Waals surface area contributed by atoms with Crippen molar-refractivity contribution in [3.63, 3.8) is 0 Å². The summed E-state index contributed by atoms with van der Waals surface area (Å²) in [6, 6.07) is 8.02. The topological polar surface area (TPSA) is 53.6 Å². The monoisotopic (exact) mass is 235 g/mol. The smallest absolute Gasteiger partial charge is 0.225 e. The molecular weight excluding hydrogens is 218 g/mol. The largest absolute Gasteiger partial charge is 0.379 e. The van der Waals surface area contributed by atoms with E-state index in [-0.39, 0.29) is 0 Å². The Morgan fingerprint density at radius 3 is 2.59 bits per heavy atom. The molecule has 1 heterocycles. The highest BCUT2D eigenvalue weighted by Gasteiger charge is 2.10. The molecule has 1 aromatic rings. The molecule has 2 rings (SSSR count). The first-order chi connectivity index (χ1) is 8.38. The average Bonchev–Trinajstić information content (AvgIpc) is 2.39. The summed E-state index contributed by atoms with van der Waals surface area (Å²) < 4.78 is 5.31. The van der Waals surface area contributed by atoms with Crippen LogP contribution in [0.25, 0.3) is 0 Å². The number of morpholine rings is 1. The lowest BCUT2D eigenvalue weighted by Crippen LogP contribution is -2.35. The summed E-state index contributed by atoms with van der Waals surface area (Å²) in [6.45, 7) is 4.58. The highest BCUT2D eigenvalue weighted by atomic mass is 16.5. The summed E-state index contributed by atoms with van der Waals surface area (Å²) in [7, 11) is 0. The minimum atomic E-state index is 0.613. The van der Waals surface area contributed by atoms with Gasteiger partial charge in [-0.15, -0.1) is 0 Å². The summed E-state index contributed by atoms with van der Waals surface area (Å²) >= 11 is 0. The second kappa shape index (κ2) is 6.22. The van der Waals surface area contributed by atoms with Crippen LogP contribution in [0.5, 0.6) is 0 Å².